The van der Waals surface area contributed by atoms with Gasteiger partial charge in [0.25, 0.3) is 0 Å². The molecule has 82 valence electrons. The highest BCUT2D eigenvalue weighted by Gasteiger charge is 2.14. The summed E-state index contributed by atoms with van der Waals surface area (Å²) in [5.74, 6) is 2.49. The Balaban J connectivity index is 4.13. The smallest absolute Gasteiger partial charge is 0.213 e. The van der Waals surface area contributed by atoms with Gasteiger partial charge >= 0.3 is 0 Å². The van der Waals surface area contributed by atoms with Crippen molar-refractivity contribution >= 4 is 10.0 Å². The van der Waals surface area contributed by atoms with Crippen molar-refractivity contribution < 1.29 is 8.42 Å². The molecule has 2 N–H and O–H groups in total. The summed E-state index contributed by atoms with van der Waals surface area (Å²) in [4.78, 5) is 0. The number of hydrogen-bond donors (Lipinski definition) is 2. The van der Waals surface area contributed by atoms with Crippen LogP contribution in [0.3, 0.4) is 0 Å². The Hall–Kier alpha value is -0.570. The van der Waals surface area contributed by atoms with E-state index < -0.39 is 10.0 Å². The summed E-state index contributed by atoms with van der Waals surface area (Å²) in [6.45, 7) is 2.39. The van der Waals surface area contributed by atoms with E-state index in [-0.39, 0.29) is 11.8 Å². The number of hydrogen-bond acceptors (Lipinski definition) is 3. The van der Waals surface area contributed by atoms with Gasteiger partial charge in [-0.25, -0.2) is 13.1 Å². The van der Waals surface area contributed by atoms with Crippen LogP contribution in [0.15, 0.2) is 0 Å². The van der Waals surface area contributed by atoms with Crippen molar-refractivity contribution in [2.24, 2.45) is 0 Å². The number of rotatable bonds is 7. The molecule has 0 aromatic rings. The second-order valence-corrected chi connectivity index (χ2v) is 4.92. The Morgan fingerprint density at radius 3 is 2.57 bits per heavy atom. The molecule has 0 spiro atoms. The Morgan fingerprint density at radius 2 is 2.14 bits per heavy atom. The monoisotopic (exact) mass is 218 g/mol. The Kier molecular flexibility index (Phi) is 6.54. The molecule has 0 saturated heterocycles. The topological polar surface area (TPSA) is 58.2 Å². The molecule has 0 aliphatic carbocycles. The fraction of sp³-hybridized carbons (Fsp3) is 0.778. The van der Waals surface area contributed by atoms with E-state index in [1.54, 1.807) is 7.05 Å². The largest absolute Gasteiger partial charge is 0.319 e. The minimum atomic E-state index is -3.23. The average Bonchev–Trinajstić information content (AvgIpc) is 2.14. The predicted octanol–water partition coefficient (Wildman–Crippen LogP) is -0.0729. The maximum atomic E-state index is 11.4. The van der Waals surface area contributed by atoms with Crippen LogP contribution in [0, 0.1) is 12.3 Å². The van der Waals surface area contributed by atoms with E-state index in [4.69, 9.17) is 6.42 Å². The van der Waals surface area contributed by atoms with Gasteiger partial charge < -0.3 is 5.32 Å². The summed E-state index contributed by atoms with van der Waals surface area (Å²) in [6.07, 6.45) is 6.74. The second-order valence-electron chi connectivity index (χ2n) is 3.05. The first-order chi connectivity index (χ1) is 6.55. The zero-order valence-electron chi connectivity index (χ0n) is 8.71. The molecule has 0 rings (SSSR count). The lowest BCUT2D eigenvalue weighted by Gasteiger charge is -2.12. The summed E-state index contributed by atoms with van der Waals surface area (Å²) in [6, 6.07) is -0.373. The fourth-order valence-corrected chi connectivity index (χ4v) is 2.19. The van der Waals surface area contributed by atoms with Crippen molar-refractivity contribution in [3.63, 3.8) is 0 Å². The minimum absolute atomic E-state index is 0.0609. The first-order valence-corrected chi connectivity index (χ1v) is 6.31. The van der Waals surface area contributed by atoms with Crippen LogP contribution in [0.4, 0.5) is 0 Å². The van der Waals surface area contributed by atoms with E-state index in [0.717, 1.165) is 6.42 Å². The first kappa shape index (κ1) is 13.4. The van der Waals surface area contributed by atoms with Gasteiger partial charge in [0.15, 0.2) is 0 Å². The number of sulfonamides is 1. The molecule has 0 bridgehead atoms. The summed E-state index contributed by atoms with van der Waals surface area (Å²) in [7, 11) is -1.52. The molecule has 0 aliphatic heterocycles. The van der Waals surface area contributed by atoms with Crippen molar-refractivity contribution in [2.75, 3.05) is 19.3 Å². The minimum Gasteiger partial charge on any atom is -0.319 e. The molecule has 1 atom stereocenters. The molecule has 0 amide bonds. The van der Waals surface area contributed by atoms with Crippen LogP contribution in [0.25, 0.3) is 0 Å². The molecule has 14 heavy (non-hydrogen) atoms. The normalized spacial score (nSPS) is 13.5. The van der Waals surface area contributed by atoms with E-state index in [0.29, 0.717) is 13.0 Å². The molecule has 0 aromatic carbocycles. The molecule has 0 aliphatic rings. The van der Waals surface area contributed by atoms with Crippen LogP contribution in [-0.4, -0.2) is 33.8 Å². The SMILES string of the molecule is C#CC(CCC)NS(=O)(=O)CCNC. The first-order valence-electron chi connectivity index (χ1n) is 4.66. The standard InChI is InChI=1S/C9H18N2O2S/c1-4-6-9(5-2)11-14(12,13)8-7-10-3/h2,9-11H,4,6-8H2,1,3H3. The van der Waals surface area contributed by atoms with Gasteiger partial charge in [-0.3, -0.25) is 0 Å². The highest BCUT2D eigenvalue weighted by molar-refractivity contribution is 7.89. The zero-order chi connectivity index (χ0) is 11.0. The van der Waals surface area contributed by atoms with Crippen molar-refractivity contribution in [3.8, 4) is 12.3 Å². The van der Waals surface area contributed by atoms with E-state index in [2.05, 4.69) is 16.0 Å². The van der Waals surface area contributed by atoms with Crippen molar-refractivity contribution in [2.45, 2.75) is 25.8 Å². The van der Waals surface area contributed by atoms with Gasteiger partial charge in [-0.15, -0.1) is 6.42 Å². The van der Waals surface area contributed by atoms with Crippen LogP contribution < -0.4 is 10.0 Å². The zero-order valence-corrected chi connectivity index (χ0v) is 9.52. The lowest BCUT2D eigenvalue weighted by molar-refractivity contribution is 0.562. The second kappa shape index (κ2) is 6.82. The quantitative estimate of drug-likeness (QED) is 0.588. The molecular weight excluding hydrogens is 200 g/mol. The molecule has 0 radical (unpaired) electrons. The maximum Gasteiger partial charge on any atom is 0.213 e. The Morgan fingerprint density at radius 1 is 1.50 bits per heavy atom. The van der Waals surface area contributed by atoms with Gasteiger partial charge in [-0.1, -0.05) is 19.3 Å². The lowest BCUT2D eigenvalue weighted by Crippen LogP contribution is -2.37. The van der Waals surface area contributed by atoms with Gasteiger partial charge in [0.2, 0.25) is 10.0 Å². The van der Waals surface area contributed by atoms with Crippen LogP contribution in [-0.2, 0) is 10.0 Å². The fourth-order valence-electron chi connectivity index (χ4n) is 0.977. The molecule has 0 heterocycles. The number of nitrogens with one attached hydrogen (secondary N) is 2. The molecule has 5 heteroatoms. The third-order valence-electron chi connectivity index (χ3n) is 1.72. The lowest BCUT2D eigenvalue weighted by atomic mass is 10.2. The van der Waals surface area contributed by atoms with E-state index in [1.807, 2.05) is 6.92 Å². The van der Waals surface area contributed by atoms with Crippen molar-refractivity contribution in [1.82, 2.24) is 10.0 Å². The van der Waals surface area contributed by atoms with Gasteiger partial charge in [0.05, 0.1) is 11.8 Å². The van der Waals surface area contributed by atoms with Crippen LogP contribution in [0.2, 0.25) is 0 Å². The summed E-state index contributed by atoms with van der Waals surface area (Å²) >= 11 is 0. The summed E-state index contributed by atoms with van der Waals surface area (Å²) in [5.41, 5.74) is 0. The van der Waals surface area contributed by atoms with Crippen LogP contribution >= 0.6 is 0 Å². The highest BCUT2D eigenvalue weighted by Crippen LogP contribution is 1.97. The summed E-state index contributed by atoms with van der Waals surface area (Å²) < 4.78 is 25.2. The molecule has 0 fully saturated rings. The van der Waals surface area contributed by atoms with E-state index >= 15 is 0 Å². The molecule has 1 unspecified atom stereocenters. The van der Waals surface area contributed by atoms with Crippen molar-refractivity contribution in [3.05, 3.63) is 0 Å². The van der Waals surface area contributed by atoms with Gasteiger partial charge in [0, 0.05) is 6.54 Å². The Labute approximate surface area is 86.5 Å². The highest BCUT2D eigenvalue weighted by atomic mass is 32.2. The molecule has 4 nitrogen and oxygen atoms in total. The average molecular weight is 218 g/mol. The molecule has 0 saturated carbocycles. The van der Waals surface area contributed by atoms with Gasteiger partial charge in [-0.2, -0.15) is 0 Å². The van der Waals surface area contributed by atoms with Gasteiger partial charge in [-0.05, 0) is 13.5 Å². The summed E-state index contributed by atoms with van der Waals surface area (Å²) in [5, 5.41) is 2.78. The third kappa shape index (κ3) is 5.97. The van der Waals surface area contributed by atoms with E-state index in [1.165, 1.54) is 0 Å². The van der Waals surface area contributed by atoms with E-state index in [9.17, 15) is 8.42 Å². The predicted molar refractivity (Wildman–Crippen MR) is 58.4 cm³/mol. The molecule has 0 aromatic heterocycles. The third-order valence-corrected chi connectivity index (χ3v) is 3.11. The Bertz CT molecular complexity index is 280. The maximum absolute atomic E-state index is 11.4. The van der Waals surface area contributed by atoms with Gasteiger partial charge in [0.1, 0.15) is 0 Å². The molecular formula is C9H18N2O2S. The van der Waals surface area contributed by atoms with Crippen LogP contribution in [0.5, 0.6) is 0 Å². The number of terminal acetylenes is 1. The van der Waals surface area contributed by atoms with Crippen LogP contribution in [0.1, 0.15) is 19.8 Å². The van der Waals surface area contributed by atoms with Crippen molar-refractivity contribution in [1.29, 1.82) is 0 Å².